The monoisotopic (exact) mass is 256 g/mol. The van der Waals surface area contributed by atoms with E-state index in [1.165, 1.54) is 12.8 Å². The summed E-state index contributed by atoms with van der Waals surface area (Å²) >= 11 is 0. The highest BCUT2D eigenvalue weighted by atomic mass is 16.4. The first-order valence-corrected chi connectivity index (χ1v) is 7.01. The first-order chi connectivity index (χ1) is 8.39. The summed E-state index contributed by atoms with van der Waals surface area (Å²) in [5.41, 5.74) is -0.594. The fraction of sp³-hybridized carbons (Fsp3) is 0.929. The molecule has 1 saturated heterocycles. The average Bonchev–Trinajstić information content (AvgIpc) is 2.29. The second-order valence-corrected chi connectivity index (χ2v) is 6.11. The second-order valence-electron chi connectivity index (χ2n) is 6.11. The van der Waals surface area contributed by atoms with E-state index in [0.717, 1.165) is 25.9 Å². The number of nitrogens with zero attached hydrogens (tertiary/aromatic N) is 2. The molecule has 18 heavy (non-hydrogen) atoms. The number of hydrogen-bond donors (Lipinski definition) is 1. The molecule has 2 atom stereocenters. The van der Waals surface area contributed by atoms with Gasteiger partial charge < -0.3 is 14.9 Å². The fourth-order valence-electron chi connectivity index (χ4n) is 2.90. The van der Waals surface area contributed by atoms with Gasteiger partial charge in [-0.15, -0.1) is 0 Å². The van der Waals surface area contributed by atoms with Gasteiger partial charge in [0, 0.05) is 19.1 Å². The van der Waals surface area contributed by atoms with Gasteiger partial charge in [-0.2, -0.15) is 0 Å². The molecule has 4 heteroatoms. The number of carboxylic acids is 1. The van der Waals surface area contributed by atoms with Crippen molar-refractivity contribution < 1.29 is 9.90 Å². The molecule has 0 radical (unpaired) electrons. The molecule has 1 N–H and O–H groups in total. The van der Waals surface area contributed by atoms with Crippen LogP contribution in [-0.2, 0) is 4.79 Å². The number of aliphatic carboxylic acids is 1. The molecule has 0 saturated carbocycles. The molecule has 1 fully saturated rings. The minimum absolute atomic E-state index is 0.568. The number of hydrogen-bond acceptors (Lipinski definition) is 3. The van der Waals surface area contributed by atoms with E-state index < -0.39 is 11.4 Å². The van der Waals surface area contributed by atoms with Crippen molar-refractivity contribution in [3.05, 3.63) is 0 Å². The lowest BCUT2D eigenvalue weighted by atomic mass is 9.84. The minimum Gasteiger partial charge on any atom is -0.481 e. The third-order valence-electron chi connectivity index (χ3n) is 4.10. The van der Waals surface area contributed by atoms with Crippen molar-refractivity contribution in [2.75, 3.05) is 33.7 Å². The lowest BCUT2D eigenvalue weighted by molar-refractivity contribution is -0.150. The maximum atomic E-state index is 11.5. The Hall–Kier alpha value is -0.610. The molecule has 106 valence electrons. The highest BCUT2D eigenvalue weighted by Crippen LogP contribution is 2.27. The molecule has 0 bridgehead atoms. The Labute approximate surface area is 111 Å². The maximum absolute atomic E-state index is 11.5. The van der Waals surface area contributed by atoms with Gasteiger partial charge in [0.05, 0.1) is 5.41 Å². The number of likely N-dealkylation sites (N-methyl/N-ethyl adjacent to an activating group) is 1. The summed E-state index contributed by atoms with van der Waals surface area (Å²) in [6.07, 6.45) is 4.07. The molecule has 2 unspecified atom stereocenters. The van der Waals surface area contributed by atoms with Crippen molar-refractivity contribution >= 4 is 5.97 Å². The zero-order valence-corrected chi connectivity index (χ0v) is 12.3. The SMILES string of the molecule is CCCC(C)(CN1CCCC(N(C)C)C1)C(=O)O. The second kappa shape index (κ2) is 6.53. The molecule has 1 aliphatic rings. The summed E-state index contributed by atoms with van der Waals surface area (Å²) in [6, 6.07) is 0.568. The van der Waals surface area contributed by atoms with E-state index in [1.807, 2.05) is 6.92 Å². The summed E-state index contributed by atoms with van der Waals surface area (Å²) in [6.45, 7) is 6.66. The Kier molecular flexibility index (Phi) is 5.60. The molecule has 0 spiro atoms. The van der Waals surface area contributed by atoms with Gasteiger partial charge in [-0.05, 0) is 46.8 Å². The van der Waals surface area contributed by atoms with Crippen molar-refractivity contribution in [1.82, 2.24) is 9.80 Å². The molecular weight excluding hydrogens is 228 g/mol. The third kappa shape index (κ3) is 3.95. The molecule has 4 nitrogen and oxygen atoms in total. The zero-order chi connectivity index (χ0) is 13.8. The molecule has 0 aromatic rings. The van der Waals surface area contributed by atoms with Crippen molar-refractivity contribution in [3.63, 3.8) is 0 Å². The Bertz CT molecular complexity index is 281. The van der Waals surface area contributed by atoms with E-state index in [-0.39, 0.29) is 0 Å². The smallest absolute Gasteiger partial charge is 0.310 e. The summed E-state index contributed by atoms with van der Waals surface area (Å²) < 4.78 is 0. The number of rotatable bonds is 6. The molecule has 0 aliphatic carbocycles. The predicted molar refractivity (Wildman–Crippen MR) is 73.8 cm³/mol. The van der Waals surface area contributed by atoms with Gasteiger partial charge in [-0.25, -0.2) is 0 Å². The van der Waals surface area contributed by atoms with E-state index in [2.05, 4.69) is 30.8 Å². The van der Waals surface area contributed by atoms with Crippen LogP contribution in [-0.4, -0.2) is 60.6 Å². The van der Waals surface area contributed by atoms with Gasteiger partial charge in [0.2, 0.25) is 0 Å². The zero-order valence-electron chi connectivity index (χ0n) is 12.3. The molecular formula is C14H28N2O2. The highest BCUT2D eigenvalue weighted by Gasteiger charge is 2.35. The van der Waals surface area contributed by atoms with E-state index >= 15 is 0 Å². The first-order valence-electron chi connectivity index (χ1n) is 7.01. The normalized spacial score (nSPS) is 25.1. The molecule has 1 rings (SSSR count). The lowest BCUT2D eigenvalue weighted by Gasteiger charge is -2.39. The van der Waals surface area contributed by atoms with Crippen LogP contribution in [0, 0.1) is 5.41 Å². The number of carbonyl (C=O) groups is 1. The predicted octanol–water partition coefficient (Wildman–Crippen LogP) is 1.90. The first kappa shape index (κ1) is 15.4. The van der Waals surface area contributed by atoms with Gasteiger partial charge >= 0.3 is 5.97 Å². The van der Waals surface area contributed by atoms with Crippen LogP contribution in [0.4, 0.5) is 0 Å². The summed E-state index contributed by atoms with van der Waals surface area (Å²) in [5, 5.41) is 9.43. The van der Waals surface area contributed by atoms with Crippen LogP contribution in [0.2, 0.25) is 0 Å². The highest BCUT2D eigenvalue weighted by molar-refractivity contribution is 5.74. The molecule has 0 aromatic heterocycles. The summed E-state index contributed by atoms with van der Waals surface area (Å²) in [7, 11) is 4.22. The minimum atomic E-state index is -0.656. The van der Waals surface area contributed by atoms with Gasteiger partial charge in [-0.1, -0.05) is 13.3 Å². The van der Waals surface area contributed by atoms with E-state index in [1.54, 1.807) is 0 Å². The Morgan fingerprint density at radius 2 is 2.17 bits per heavy atom. The lowest BCUT2D eigenvalue weighted by Crippen LogP contribution is -2.50. The molecule has 0 amide bonds. The van der Waals surface area contributed by atoms with Gasteiger partial charge in [0.1, 0.15) is 0 Å². The Morgan fingerprint density at radius 3 is 2.67 bits per heavy atom. The van der Waals surface area contributed by atoms with Crippen molar-refractivity contribution in [1.29, 1.82) is 0 Å². The molecule has 1 heterocycles. The van der Waals surface area contributed by atoms with Crippen LogP contribution in [0.15, 0.2) is 0 Å². The standard InChI is InChI=1S/C14H28N2O2/c1-5-8-14(2,13(17)18)11-16-9-6-7-12(10-16)15(3)4/h12H,5-11H2,1-4H3,(H,17,18). The molecule has 1 aliphatic heterocycles. The van der Waals surface area contributed by atoms with E-state index in [0.29, 0.717) is 12.6 Å². The summed E-state index contributed by atoms with van der Waals surface area (Å²) in [4.78, 5) is 16.0. The van der Waals surface area contributed by atoms with Crippen molar-refractivity contribution in [2.45, 2.75) is 45.6 Å². The van der Waals surface area contributed by atoms with Crippen LogP contribution in [0.1, 0.15) is 39.5 Å². The maximum Gasteiger partial charge on any atom is 0.310 e. The topological polar surface area (TPSA) is 43.8 Å². The van der Waals surface area contributed by atoms with Crippen molar-refractivity contribution in [3.8, 4) is 0 Å². The van der Waals surface area contributed by atoms with Crippen LogP contribution in [0.3, 0.4) is 0 Å². The van der Waals surface area contributed by atoms with Crippen LogP contribution in [0.5, 0.6) is 0 Å². The third-order valence-corrected chi connectivity index (χ3v) is 4.10. The average molecular weight is 256 g/mol. The number of piperidine rings is 1. The van der Waals surface area contributed by atoms with Crippen molar-refractivity contribution in [2.24, 2.45) is 5.41 Å². The van der Waals surface area contributed by atoms with E-state index in [4.69, 9.17) is 0 Å². The van der Waals surface area contributed by atoms with Crippen LogP contribution < -0.4 is 0 Å². The van der Waals surface area contributed by atoms with E-state index in [9.17, 15) is 9.90 Å². The van der Waals surface area contributed by atoms with Gasteiger partial charge in [-0.3, -0.25) is 4.79 Å². The Morgan fingerprint density at radius 1 is 1.50 bits per heavy atom. The van der Waals surface area contributed by atoms with Gasteiger partial charge in [0.25, 0.3) is 0 Å². The van der Waals surface area contributed by atoms with Crippen LogP contribution >= 0.6 is 0 Å². The largest absolute Gasteiger partial charge is 0.481 e. The number of likely N-dealkylation sites (tertiary alicyclic amines) is 1. The fourth-order valence-corrected chi connectivity index (χ4v) is 2.90. The van der Waals surface area contributed by atoms with Gasteiger partial charge in [0.15, 0.2) is 0 Å². The Balaban J connectivity index is 2.61. The number of carboxylic acid groups (broad SMARTS) is 1. The van der Waals surface area contributed by atoms with Crippen LogP contribution in [0.25, 0.3) is 0 Å². The summed E-state index contributed by atoms with van der Waals surface area (Å²) in [5.74, 6) is -0.656. The quantitative estimate of drug-likeness (QED) is 0.788. The molecule has 0 aromatic carbocycles.